The van der Waals surface area contributed by atoms with E-state index < -0.39 is 54.3 Å². The molecule has 1 aliphatic rings. The first-order valence-corrected chi connectivity index (χ1v) is 10.5. The van der Waals surface area contributed by atoms with Crippen molar-refractivity contribution in [1.29, 1.82) is 0 Å². The van der Waals surface area contributed by atoms with Crippen LogP contribution >= 0.6 is 0 Å². The number of carboxylic acids is 2. The first kappa shape index (κ1) is 25.6. The number of benzene rings is 1. The molecule has 1 aromatic carbocycles. The van der Waals surface area contributed by atoms with E-state index in [1.807, 2.05) is 0 Å². The predicted molar refractivity (Wildman–Crippen MR) is 114 cm³/mol. The van der Waals surface area contributed by atoms with Gasteiger partial charge in [-0.25, -0.2) is 4.79 Å². The van der Waals surface area contributed by atoms with Crippen LogP contribution in [-0.2, 0) is 30.4 Å². The van der Waals surface area contributed by atoms with Crippen LogP contribution in [0.1, 0.15) is 31.2 Å². The lowest BCUT2D eigenvalue weighted by Gasteiger charge is -2.20. The maximum absolute atomic E-state index is 12.5. The molecule has 0 radical (unpaired) electrons. The number of hydrogen-bond donors (Lipinski definition) is 7. The van der Waals surface area contributed by atoms with E-state index in [4.69, 9.17) is 5.11 Å². The number of carbonyl (C=O) groups excluding carboxylic acids is 3. The Hall–Kier alpha value is -3.67. The minimum absolute atomic E-state index is 0.0191. The van der Waals surface area contributed by atoms with Crippen molar-refractivity contribution in [2.75, 3.05) is 13.1 Å². The molecule has 7 N–H and O–H groups in total. The Kier molecular flexibility index (Phi) is 9.61. The quantitative estimate of drug-likeness (QED) is 0.197. The van der Waals surface area contributed by atoms with Crippen LogP contribution in [0, 0.1) is 0 Å². The fourth-order valence-electron chi connectivity index (χ4n) is 3.32. The molecule has 1 aliphatic heterocycles. The third kappa shape index (κ3) is 8.77. The van der Waals surface area contributed by atoms with E-state index in [0.29, 0.717) is 18.5 Å². The van der Waals surface area contributed by atoms with E-state index in [2.05, 4.69) is 21.3 Å². The molecule has 180 valence electrons. The van der Waals surface area contributed by atoms with Gasteiger partial charge in [0.25, 0.3) is 0 Å². The maximum Gasteiger partial charge on any atom is 0.326 e. The van der Waals surface area contributed by atoms with Gasteiger partial charge in [-0.15, -0.1) is 0 Å². The van der Waals surface area contributed by atoms with Gasteiger partial charge in [0.1, 0.15) is 17.8 Å². The summed E-state index contributed by atoms with van der Waals surface area (Å²) in [5.41, 5.74) is 0.571. The smallest absolute Gasteiger partial charge is 0.326 e. The predicted octanol–water partition coefficient (Wildman–Crippen LogP) is -1.28. The van der Waals surface area contributed by atoms with Crippen molar-refractivity contribution in [2.24, 2.45) is 0 Å². The molecule has 3 amide bonds. The fourth-order valence-corrected chi connectivity index (χ4v) is 3.32. The topological polar surface area (TPSA) is 194 Å². The van der Waals surface area contributed by atoms with E-state index in [0.717, 1.165) is 6.42 Å². The summed E-state index contributed by atoms with van der Waals surface area (Å²) in [6.45, 7) is 0.110. The number of phenols is 1. The van der Waals surface area contributed by atoms with Gasteiger partial charge in [-0.05, 0) is 43.5 Å². The zero-order valence-corrected chi connectivity index (χ0v) is 17.9. The van der Waals surface area contributed by atoms with Crippen LogP contribution in [0.3, 0.4) is 0 Å². The van der Waals surface area contributed by atoms with Gasteiger partial charge < -0.3 is 36.6 Å². The molecular formula is C21H28N4O8. The summed E-state index contributed by atoms with van der Waals surface area (Å²) in [4.78, 5) is 59.4. The second-order valence-electron chi connectivity index (χ2n) is 7.69. The molecule has 0 aromatic heterocycles. The summed E-state index contributed by atoms with van der Waals surface area (Å²) in [5.74, 6) is -4.35. The van der Waals surface area contributed by atoms with Crippen LogP contribution in [0.25, 0.3) is 0 Å². The van der Waals surface area contributed by atoms with E-state index in [9.17, 15) is 34.2 Å². The van der Waals surface area contributed by atoms with E-state index in [1.165, 1.54) is 24.3 Å². The van der Waals surface area contributed by atoms with Crippen molar-refractivity contribution < 1.29 is 39.3 Å². The Labute approximate surface area is 189 Å². The van der Waals surface area contributed by atoms with Crippen LogP contribution in [0.5, 0.6) is 5.75 Å². The third-order valence-corrected chi connectivity index (χ3v) is 5.09. The Morgan fingerprint density at radius 3 is 2.30 bits per heavy atom. The number of nitrogens with one attached hydrogen (secondary N) is 4. The largest absolute Gasteiger partial charge is 0.508 e. The number of amides is 3. The molecule has 2 rings (SSSR count). The van der Waals surface area contributed by atoms with Gasteiger partial charge in [-0.3, -0.25) is 19.2 Å². The highest BCUT2D eigenvalue weighted by Gasteiger charge is 2.28. The van der Waals surface area contributed by atoms with Crippen molar-refractivity contribution in [1.82, 2.24) is 21.3 Å². The lowest BCUT2D eigenvalue weighted by Crippen LogP contribution is -2.53. The Morgan fingerprint density at radius 2 is 1.73 bits per heavy atom. The number of aliphatic carboxylic acids is 2. The monoisotopic (exact) mass is 464 g/mol. The van der Waals surface area contributed by atoms with Crippen molar-refractivity contribution in [3.63, 3.8) is 0 Å². The molecule has 12 heteroatoms. The number of carbonyl (C=O) groups is 5. The summed E-state index contributed by atoms with van der Waals surface area (Å²) in [7, 11) is 0. The van der Waals surface area contributed by atoms with E-state index in [1.54, 1.807) is 0 Å². The average molecular weight is 464 g/mol. The van der Waals surface area contributed by atoms with Crippen LogP contribution in [-0.4, -0.2) is 76.2 Å². The van der Waals surface area contributed by atoms with Crippen LogP contribution in [0.2, 0.25) is 0 Å². The molecule has 0 aliphatic carbocycles. The fraction of sp³-hybridized carbons (Fsp3) is 0.476. The Morgan fingerprint density at radius 1 is 1.03 bits per heavy atom. The van der Waals surface area contributed by atoms with E-state index in [-0.39, 0.29) is 25.0 Å². The minimum Gasteiger partial charge on any atom is -0.508 e. The molecule has 0 bridgehead atoms. The van der Waals surface area contributed by atoms with Crippen molar-refractivity contribution >= 4 is 29.7 Å². The third-order valence-electron chi connectivity index (χ3n) is 5.09. The second-order valence-corrected chi connectivity index (χ2v) is 7.69. The van der Waals surface area contributed by atoms with Gasteiger partial charge in [0.2, 0.25) is 17.7 Å². The van der Waals surface area contributed by atoms with E-state index >= 15 is 0 Å². The van der Waals surface area contributed by atoms with Gasteiger partial charge in [-0.2, -0.15) is 0 Å². The standard InChI is InChI=1S/C21H28N4O8/c26-13-5-3-12(4-6-13)10-16(21(32)33)24-17(27)11-23-19(30)15(7-8-18(28)29)25-20(31)14-2-1-9-22-14/h3-6,14-16,22,26H,1-2,7-11H2,(H,23,30)(H,24,27)(H,25,31)(H,28,29)(H,32,33). The average Bonchev–Trinajstić information content (AvgIpc) is 3.30. The van der Waals surface area contributed by atoms with Gasteiger partial charge in [0.05, 0.1) is 12.6 Å². The Bertz CT molecular complexity index is 868. The van der Waals surface area contributed by atoms with Gasteiger partial charge in [-0.1, -0.05) is 12.1 Å². The highest BCUT2D eigenvalue weighted by Crippen LogP contribution is 2.11. The number of aromatic hydroxyl groups is 1. The second kappa shape index (κ2) is 12.4. The summed E-state index contributed by atoms with van der Waals surface area (Å²) in [6, 6.07) is 2.93. The zero-order valence-electron chi connectivity index (χ0n) is 17.9. The molecule has 1 heterocycles. The number of rotatable bonds is 12. The van der Waals surface area contributed by atoms with Gasteiger partial charge in [0, 0.05) is 12.8 Å². The minimum atomic E-state index is -1.28. The lowest BCUT2D eigenvalue weighted by atomic mass is 10.1. The van der Waals surface area contributed by atoms with Crippen molar-refractivity contribution in [3.8, 4) is 5.75 Å². The molecule has 1 saturated heterocycles. The van der Waals surface area contributed by atoms with Crippen LogP contribution < -0.4 is 21.3 Å². The van der Waals surface area contributed by atoms with Crippen molar-refractivity contribution in [2.45, 2.75) is 50.2 Å². The van der Waals surface area contributed by atoms with Gasteiger partial charge in [0.15, 0.2) is 0 Å². The van der Waals surface area contributed by atoms with Crippen LogP contribution in [0.4, 0.5) is 0 Å². The first-order valence-electron chi connectivity index (χ1n) is 10.5. The molecule has 12 nitrogen and oxygen atoms in total. The van der Waals surface area contributed by atoms with Crippen molar-refractivity contribution in [3.05, 3.63) is 29.8 Å². The highest BCUT2D eigenvalue weighted by atomic mass is 16.4. The SMILES string of the molecule is O=C(O)CCC(NC(=O)C1CCCN1)C(=O)NCC(=O)NC(Cc1ccc(O)cc1)C(=O)O. The molecule has 1 aromatic rings. The highest BCUT2D eigenvalue weighted by molar-refractivity contribution is 5.93. The molecular weight excluding hydrogens is 436 g/mol. The van der Waals surface area contributed by atoms with Gasteiger partial charge >= 0.3 is 11.9 Å². The first-order chi connectivity index (χ1) is 15.7. The number of hydrogen-bond acceptors (Lipinski definition) is 7. The summed E-state index contributed by atoms with van der Waals surface area (Å²) >= 11 is 0. The summed E-state index contributed by atoms with van der Waals surface area (Å²) in [5, 5.41) is 37.7. The normalized spacial score (nSPS) is 16.9. The number of phenolic OH excluding ortho intramolecular Hbond substituents is 1. The molecule has 3 unspecified atom stereocenters. The molecule has 0 spiro atoms. The molecule has 33 heavy (non-hydrogen) atoms. The van der Waals surface area contributed by atoms with Crippen LogP contribution in [0.15, 0.2) is 24.3 Å². The molecule has 1 fully saturated rings. The molecule has 3 atom stereocenters. The number of carboxylic acid groups (broad SMARTS) is 2. The lowest BCUT2D eigenvalue weighted by molar-refractivity contribution is -0.141. The Balaban J connectivity index is 1.90. The maximum atomic E-state index is 12.5. The summed E-state index contributed by atoms with van der Waals surface area (Å²) < 4.78 is 0. The molecule has 0 saturated carbocycles. The summed E-state index contributed by atoms with van der Waals surface area (Å²) in [6.07, 6.45) is 0.829. The zero-order chi connectivity index (χ0) is 24.4.